The van der Waals surface area contributed by atoms with Crippen LogP contribution in [-0.4, -0.2) is 15.1 Å². The van der Waals surface area contributed by atoms with Gasteiger partial charge in [-0.2, -0.15) is 4.98 Å². The molecule has 1 N–H and O–H groups in total. The Bertz CT molecular complexity index is 1050. The topological polar surface area (TPSA) is 84.9 Å². The lowest BCUT2D eigenvalue weighted by Gasteiger charge is -1.92. The molecule has 0 spiro atoms. The molecule has 0 aliphatic rings. The van der Waals surface area contributed by atoms with Gasteiger partial charge in [-0.1, -0.05) is 5.16 Å². The quantitative estimate of drug-likeness (QED) is 0.615. The fraction of sp³-hybridized carbons (Fsp3) is 0.0714. The molecule has 4 rings (SSSR count). The highest BCUT2D eigenvalue weighted by atomic mass is 32.1. The maximum atomic E-state index is 12.6. The Balaban J connectivity index is 1.71. The molecule has 0 saturated heterocycles. The van der Waals surface area contributed by atoms with Crippen LogP contribution in [-0.2, 0) is 0 Å². The second-order valence-corrected chi connectivity index (χ2v) is 5.60. The molecular formula is C14H7F2N3O3S. The third-order valence-electron chi connectivity index (χ3n) is 3.19. The van der Waals surface area contributed by atoms with E-state index in [1.807, 2.05) is 0 Å². The number of H-pyrrole nitrogens is 1. The number of nitrogens with one attached hydrogen (secondary N) is 1. The van der Waals surface area contributed by atoms with Crippen LogP contribution in [0, 0.1) is 0 Å². The summed E-state index contributed by atoms with van der Waals surface area (Å²) < 4.78 is 35.3. The molecule has 0 aliphatic heterocycles. The van der Waals surface area contributed by atoms with Crippen LogP contribution >= 0.6 is 11.3 Å². The van der Waals surface area contributed by atoms with Gasteiger partial charge >= 0.3 is 5.76 Å². The number of rotatable bonds is 3. The predicted octanol–water partition coefficient (Wildman–Crippen LogP) is 3.84. The molecule has 0 saturated carbocycles. The summed E-state index contributed by atoms with van der Waals surface area (Å²) >= 11 is 1.10. The Hall–Kier alpha value is -2.81. The zero-order chi connectivity index (χ0) is 16.0. The first-order chi connectivity index (χ1) is 11.1. The second kappa shape index (κ2) is 5.13. The summed E-state index contributed by atoms with van der Waals surface area (Å²) in [5.41, 5.74) is 1.43. The van der Waals surface area contributed by atoms with Gasteiger partial charge in [0.1, 0.15) is 0 Å². The third-order valence-corrected chi connectivity index (χ3v) is 4.12. The van der Waals surface area contributed by atoms with Crippen LogP contribution in [0.15, 0.2) is 43.4 Å². The summed E-state index contributed by atoms with van der Waals surface area (Å²) in [6.07, 6.45) is -2.54. The van der Waals surface area contributed by atoms with Crippen molar-refractivity contribution in [2.24, 2.45) is 0 Å². The summed E-state index contributed by atoms with van der Waals surface area (Å²) in [5.74, 6) is -0.116. The highest BCUT2D eigenvalue weighted by molar-refractivity contribution is 7.13. The van der Waals surface area contributed by atoms with E-state index < -0.39 is 12.2 Å². The Morgan fingerprint density at radius 1 is 1.26 bits per heavy atom. The molecule has 4 aromatic rings. The van der Waals surface area contributed by atoms with Crippen molar-refractivity contribution >= 4 is 22.4 Å². The average molecular weight is 335 g/mol. The molecular weight excluding hydrogens is 328 g/mol. The largest absolute Gasteiger partial charge is 0.417 e. The molecule has 23 heavy (non-hydrogen) atoms. The number of benzene rings is 1. The van der Waals surface area contributed by atoms with Crippen molar-refractivity contribution in [3.8, 4) is 22.2 Å². The fourth-order valence-corrected chi connectivity index (χ4v) is 2.92. The van der Waals surface area contributed by atoms with Crippen LogP contribution in [0.2, 0.25) is 0 Å². The molecule has 3 aromatic heterocycles. The molecule has 0 unspecified atom stereocenters. The Labute approximate surface area is 130 Å². The number of halogens is 2. The molecule has 0 amide bonds. The minimum atomic E-state index is -2.54. The normalized spacial score (nSPS) is 11.6. The van der Waals surface area contributed by atoms with Crippen LogP contribution < -0.4 is 5.76 Å². The van der Waals surface area contributed by atoms with E-state index in [-0.39, 0.29) is 17.3 Å². The molecule has 9 heteroatoms. The molecule has 0 atom stereocenters. The number of nitrogens with zero attached hydrogens (tertiary/aromatic N) is 2. The van der Waals surface area contributed by atoms with Crippen molar-refractivity contribution in [1.82, 2.24) is 15.1 Å². The van der Waals surface area contributed by atoms with Crippen LogP contribution in [0.25, 0.3) is 33.3 Å². The van der Waals surface area contributed by atoms with Crippen LogP contribution in [0.4, 0.5) is 8.78 Å². The van der Waals surface area contributed by atoms with Gasteiger partial charge in [-0.3, -0.25) is 4.98 Å². The molecule has 0 bridgehead atoms. The van der Waals surface area contributed by atoms with Gasteiger partial charge in [0.2, 0.25) is 5.82 Å². The van der Waals surface area contributed by atoms with Crippen molar-refractivity contribution in [3.63, 3.8) is 0 Å². The number of hydrogen-bond acceptors (Lipinski definition) is 6. The van der Waals surface area contributed by atoms with E-state index in [9.17, 15) is 13.6 Å². The SMILES string of the molecule is O=c1[nH]c2ccc(-c3noc(-c4cc(C(F)F)cs4)n3)cc2o1. The summed E-state index contributed by atoms with van der Waals surface area (Å²) in [4.78, 5) is 18.3. The van der Waals surface area contributed by atoms with Gasteiger partial charge < -0.3 is 8.94 Å². The first-order valence-corrected chi connectivity index (χ1v) is 7.32. The van der Waals surface area contributed by atoms with E-state index in [0.717, 1.165) is 11.3 Å². The number of fused-ring (bicyclic) bond motifs is 1. The number of aromatic amines is 1. The maximum absolute atomic E-state index is 12.6. The first kappa shape index (κ1) is 13.8. The maximum Gasteiger partial charge on any atom is 0.417 e. The predicted molar refractivity (Wildman–Crippen MR) is 78.4 cm³/mol. The number of oxazole rings is 1. The van der Waals surface area contributed by atoms with Crippen molar-refractivity contribution in [1.29, 1.82) is 0 Å². The van der Waals surface area contributed by atoms with Crippen molar-refractivity contribution in [3.05, 3.63) is 45.8 Å². The number of thiophene rings is 1. The molecule has 0 radical (unpaired) electrons. The van der Waals surface area contributed by atoms with Gasteiger partial charge in [-0.15, -0.1) is 11.3 Å². The van der Waals surface area contributed by atoms with Gasteiger partial charge in [0.25, 0.3) is 12.3 Å². The molecule has 3 heterocycles. The van der Waals surface area contributed by atoms with E-state index in [0.29, 0.717) is 21.5 Å². The summed E-state index contributed by atoms with van der Waals surface area (Å²) in [6, 6.07) is 6.27. The average Bonchev–Trinajstić information content (AvgIpc) is 3.24. The lowest BCUT2D eigenvalue weighted by atomic mass is 10.2. The van der Waals surface area contributed by atoms with Crippen LogP contribution in [0.5, 0.6) is 0 Å². The smallest absolute Gasteiger partial charge is 0.408 e. The summed E-state index contributed by atoms with van der Waals surface area (Å²) in [5, 5.41) is 5.19. The van der Waals surface area contributed by atoms with E-state index in [1.54, 1.807) is 18.2 Å². The van der Waals surface area contributed by atoms with E-state index >= 15 is 0 Å². The minimum absolute atomic E-state index is 0.0831. The van der Waals surface area contributed by atoms with Gasteiger partial charge in [0, 0.05) is 16.5 Å². The Morgan fingerprint density at radius 3 is 2.91 bits per heavy atom. The fourth-order valence-electron chi connectivity index (χ4n) is 2.10. The lowest BCUT2D eigenvalue weighted by Crippen LogP contribution is -1.92. The highest BCUT2D eigenvalue weighted by Crippen LogP contribution is 2.32. The lowest BCUT2D eigenvalue weighted by molar-refractivity contribution is 0.152. The second-order valence-electron chi connectivity index (χ2n) is 4.69. The monoisotopic (exact) mass is 335 g/mol. The number of alkyl halides is 2. The van der Waals surface area contributed by atoms with Crippen LogP contribution in [0.1, 0.15) is 12.0 Å². The van der Waals surface area contributed by atoms with E-state index in [4.69, 9.17) is 8.94 Å². The highest BCUT2D eigenvalue weighted by Gasteiger charge is 2.16. The first-order valence-electron chi connectivity index (χ1n) is 6.44. The van der Waals surface area contributed by atoms with E-state index in [2.05, 4.69) is 15.1 Å². The van der Waals surface area contributed by atoms with Crippen molar-refractivity contribution < 1.29 is 17.7 Å². The van der Waals surface area contributed by atoms with Gasteiger partial charge in [-0.05, 0) is 24.3 Å². The summed E-state index contributed by atoms with van der Waals surface area (Å²) in [7, 11) is 0. The molecule has 1 aromatic carbocycles. The molecule has 6 nitrogen and oxygen atoms in total. The van der Waals surface area contributed by atoms with Gasteiger partial charge in [-0.25, -0.2) is 13.6 Å². The Kier molecular flexibility index (Phi) is 3.08. The van der Waals surface area contributed by atoms with Crippen molar-refractivity contribution in [2.45, 2.75) is 6.43 Å². The van der Waals surface area contributed by atoms with Gasteiger partial charge in [0.05, 0.1) is 10.4 Å². The summed E-state index contributed by atoms with van der Waals surface area (Å²) in [6.45, 7) is 0. The zero-order valence-corrected chi connectivity index (χ0v) is 12.1. The van der Waals surface area contributed by atoms with Gasteiger partial charge in [0.15, 0.2) is 5.58 Å². The van der Waals surface area contributed by atoms with Crippen molar-refractivity contribution in [2.75, 3.05) is 0 Å². The molecule has 116 valence electrons. The minimum Gasteiger partial charge on any atom is -0.408 e. The van der Waals surface area contributed by atoms with Crippen LogP contribution in [0.3, 0.4) is 0 Å². The molecule has 0 aliphatic carbocycles. The third kappa shape index (κ3) is 2.44. The van der Waals surface area contributed by atoms with E-state index in [1.165, 1.54) is 11.4 Å². The molecule has 0 fully saturated rings. The number of hydrogen-bond donors (Lipinski definition) is 1. The number of aromatic nitrogens is 3. The Morgan fingerprint density at radius 2 is 2.13 bits per heavy atom. The standard InChI is InChI=1S/C14H7F2N3O3S/c15-11(16)7-4-10(23-5-7)13-18-12(19-22-13)6-1-2-8-9(3-6)21-14(20)17-8/h1-5,11H,(H,17,20). The zero-order valence-electron chi connectivity index (χ0n) is 11.2.